The number of hydrogen-bond acceptors (Lipinski definition) is 4. The molecule has 3 aromatic rings. The summed E-state index contributed by atoms with van der Waals surface area (Å²) in [7, 11) is 0. The van der Waals surface area contributed by atoms with E-state index in [-0.39, 0.29) is 12.1 Å². The third kappa shape index (κ3) is 3.11. The number of hydrogen-bond donors (Lipinski definition) is 1. The Labute approximate surface area is 159 Å². The van der Waals surface area contributed by atoms with E-state index in [9.17, 15) is 4.79 Å². The molecular formula is C18H13Cl2N3OS. The van der Waals surface area contributed by atoms with Crippen molar-refractivity contribution >= 4 is 46.1 Å². The first-order valence-corrected chi connectivity index (χ1v) is 9.27. The average molecular weight is 390 g/mol. The van der Waals surface area contributed by atoms with E-state index in [1.54, 1.807) is 40.6 Å². The number of aromatic nitrogens is 1. The number of halogens is 2. The lowest BCUT2D eigenvalue weighted by Crippen LogP contribution is -2.31. The van der Waals surface area contributed by atoms with Gasteiger partial charge in [0.25, 0.3) is 5.91 Å². The molecule has 0 saturated carbocycles. The van der Waals surface area contributed by atoms with Crippen LogP contribution in [0.25, 0.3) is 0 Å². The lowest BCUT2D eigenvalue weighted by Gasteiger charge is -2.26. The van der Waals surface area contributed by atoms with Gasteiger partial charge in [-0.3, -0.25) is 9.78 Å². The number of carbonyl (C=O) groups is 1. The number of nitrogens with one attached hydrogen (secondary N) is 1. The van der Waals surface area contributed by atoms with E-state index in [4.69, 9.17) is 23.2 Å². The standard InChI is InChI=1S/C18H13Cl2N3OS/c19-14-6-5-11(9-15(14)20)22-17-16-13(4-1-7-21-16)18(24)23(17)10-12-3-2-8-25-12/h1-9,17,22H,10H2/t17-/m1/s1. The van der Waals surface area contributed by atoms with Gasteiger partial charge in [0.2, 0.25) is 0 Å². The molecule has 0 spiro atoms. The highest BCUT2D eigenvalue weighted by Crippen LogP contribution is 2.35. The normalized spacial score (nSPS) is 16.2. The first kappa shape index (κ1) is 16.4. The molecule has 1 atom stereocenters. The van der Waals surface area contributed by atoms with Crippen molar-refractivity contribution < 1.29 is 4.79 Å². The van der Waals surface area contributed by atoms with Crippen molar-refractivity contribution in [3.63, 3.8) is 0 Å². The first-order chi connectivity index (χ1) is 12.1. The van der Waals surface area contributed by atoms with Gasteiger partial charge in [-0.25, -0.2) is 0 Å². The van der Waals surface area contributed by atoms with Crippen LogP contribution in [-0.4, -0.2) is 15.8 Å². The Morgan fingerprint density at radius 2 is 2.04 bits per heavy atom. The van der Waals surface area contributed by atoms with Gasteiger partial charge in [-0.2, -0.15) is 0 Å². The van der Waals surface area contributed by atoms with Crippen molar-refractivity contribution in [3.05, 3.63) is 80.2 Å². The van der Waals surface area contributed by atoms with Gasteiger partial charge in [0.1, 0.15) is 6.17 Å². The molecule has 1 aromatic carbocycles. The van der Waals surface area contributed by atoms with Gasteiger partial charge in [0.05, 0.1) is 27.8 Å². The SMILES string of the molecule is O=C1c2cccnc2[C@H](Nc2ccc(Cl)c(Cl)c2)N1Cc1cccs1. The summed E-state index contributed by atoms with van der Waals surface area (Å²) in [6.07, 6.45) is 1.34. The summed E-state index contributed by atoms with van der Waals surface area (Å²) in [5.41, 5.74) is 2.12. The number of pyridine rings is 1. The predicted octanol–water partition coefficient (Wildman–Crippen LogP) is 5.22. The maximum atomic E-state index is 12.8. The molecule has 0 radical (unpaired) electrons. The van der Waals surface area contributed by atoms with E-state index in [1.807, 2.05) is 29.6 Å². The van der Waals surface area contributed by atoms with Gasteiger partial charge in [0, 0.05) is 16.8 Å². The third-order valence-corrected chi connectivity index (χ3v) is 5.63. The van der Waals surface area contributed by atoms with Crippen LogP contribution >= 0.6 is 34.5 Å². The van der Waals surface area contributed by atoms with Gasteiger partial charge >= 0.3 is 0 Å². The summed E-state index contributed by atoms with van der Waals surface area (Å²) in [5.74, 6) is -0.0333. The first-order valence-electron chi connectivity index (χ1n) is 7.63. The van der Waals surface area contributed by atoms with Gasteiger partial charge < -0.3 is 10.2 Å². The molecular weight excluding hydrogens is 377 g/mol. The number of thiophene rings is 1. The predicted molar refractivity (Wildman–Crippen MR) is 101 cm³/mol. The van der Waals surface area contributed by atoms with Gasteiger partial charge in [-0.1, -0.05) is 29.3 Å². The number of benzene rings is 1. The largest absolute Gasteiger partial charge is 0.360 e. The zero-order valence-corrected chi connectivity index (χ0v) is 15.3. The Bertz CT molecular complexity index is 930. The van der Waals surface area contributed by atoms with Crippen LogP contribution in [0.3, 0.4) is 0 Å². The monoisotopic (exact) mass is 389 g/mol. The van der Waals surface area contributed by atoms with Crippen molar-refractivity contribution in [2.45, 2.75) is 12.7 Å². The van der Waals surface area contributed by atoms with E-state index >= 15 is 0 Å². The van der Waals surface area contributed by atoms with Gasteiger partial charge in [0.15, 0.2) is 0 Å². The summed E-state index contributed by atoms with van der Waals surface area (Å²) >= 11 is 13.7. The van der Waals surface area contributed by atoms with Crippen LogP contribution in [0.2, 0.25) is 10.0 Å². The summed E-state index contributed by atoms with van der Waals surface area (Å²) in [6.45, 7) is 0.520. The number of carbonyl (C=O) groups excluding carboxylic acids is 1. The van der Waals surface area contributed by atoms with Crippen molar-refractivity contribution in [1.82, 2.24) is 9.88 Å². The van der Waals surface area contributed by atoms with E-state index in [0.717, 1.165) is 16.3 Å². The summed E-state index contributed by atoms with van der Waals surface area (Å²) in [4.78, 5) is 20.2. The smallest absolute Gasteiger partial charge is 0.258 e. The minimum atomic E-state index is -0.358. The molecule has 1 aliphatic rings. The highest BCUT2D eigenvalue weighted by atomic mass is 35.5. The molecule has 1 amide bonds. The molecule has 1 N–H and O–H groups in total. The molecule has 0 bridgehead atoms. The zero-order valence-electron chi connectivity index (χ0n) is 12.9. The molecule has 0 unspecified atom stereocenters. The van der Waals surface area contributed by atoms with Crippen LogP contribution in [0.15, 0.2) is 54.0 Å². The second kappa shape index (κ2) is 6.67. The van der Waals surface area contributed by atoms with Crippen LogP contribution < -0.4 is 5.32 Å². The Morgan fingerprint density at radius 3 is 2.80 bits per heavy atom. The lowest BCUT2D eigenvalue weighted by molar-refractivity contribution is 0.0729. The summed E-state index contributed by atoms with van der Waals surface area (Å²) in [5, 5.41) is 6.31. The molecule has 25 heavy (non-hydrogen) atoms. The number of fused-ring (bicyclic) bond motifs is 1. The van der Waals surface area contributed by atoms with Crippen LogP contribution in [0.4, 0.5) is 5.69 Å². The summed E-state index contributed by atoms with van der Waals surface area (Å²) in [6, 6.07) is 12.9. The second-order valence-corrected chi connectivity index (χ2v) is 7.47. The third-order valence-electron chi connectivity index (χ3n) is 4.03. The van der Waals surface area contributed by atoms with E-state index in [1.165, 1.54) is 0 Å². The molecule has 1 aliphatic heterocycles. The quantitative estimate of drug-likeness (QED) is 0.665. The van der Waals surface area contributed by atoms with E-state index in [2.05, 4.69) is 10.3 Å². The Hall–Kier alpha value is -2.08. The topological polar surface area (TPSA) is 45.2 Å². The van der Waals surface area contributed by atoms with Crippen LogP contribution in [0, 0.1) is 0 Å². The van der Waals surface area contributed by atoms with Crippen molar-refractivity contribution in [1.29, 1.82) is 0 Å². The molecule has 0 aliphatic carbocycles. The Kier molecular flexibility index (Phi) is 4.37. The second-order valence-electron chi connectivity index (χ2n) is 5.62. The Balaban J connectivity index is 1.70. The van der Waals surface area contributed by atoms with Gasteiger partial charge in [-0.15, -0.1) is 11.3 Å². The molecule has 3 heterocycles. The minimum absolute atomic E-state index is 0.0333. The number of anilines is 1. The fourth-order valence-corrected chi connectivity index (χ4v) is 3.86. The van der Waals surface area contributed by atoms with Crippen LogP contribution in [-0.2, 0) is 6.54 Å². The molecule has 0 saturated heterocycles. The Morgan fingerprint density at radius 1 is 1.16 bits per heavy atom. The molecule has 126 valence electrons. The summed E-state index contributed by atoms with van der Waals surface area (Å²) < 4.78 is 0. The fraction of sp³-hybridized carbons (Fsp3) is 0.111. The maximum absolute atomic E-state index is 12.8. The number of rotatable bonds is 4. The maximum Gasteiger partial charge on any atom is 0.258 e. The van der Waals surface area contributed by atoms with Gasteiger partial charge in [-0.05, 0) is 41.8 Å². The molecule has 0 fully saturated rings. The van der Waals surface area contributed by atoms with E-state index < -0.39 is 0 Å². The highest BCUT2D eigenvalue weighted by Gasteiger charge is 2.38. The molecule has 2 aromatic heterocycles. The average Bonchev–Trinajstić information content (AvgIpc) is 3.21. The van der Waals surface area contributed by atoms with Crippen molar-refractivity contribution in [2.75, 3.05) is 5.32 Å². The molecule has 4 nitrogen and oxygen atoms in total. The van der Waals surface area contributed by atoms with Crippen LogP contribution in [0.5, 0.6) is 0 Å². The minimum Gasteiger partial charge on any atom is -0.360 e. The number of amides is 1. The zero-order chi connectivity index (χ0) is 17.4. The van der Waals surface area contributed by atoms with Crippen molar-refractivity contribution in [2.24, 2.45) is 0 Å². The van der Waals surface area contributed by atoms with E-state index in [0.29, 0.717) is 22.2 Å². The van der Waals surface area contributed by atoms with Crippen LogP contribution in [0.1, 0.15) is 27.1 Å². The highest BCUT2D eigenvalue weighted by molar-refractivity contribution is 7.09. The molecule has 4 rings (SSSR count). The van der Waals surface area contributed by atoms with Crippen molar-refractivity contribution in [3.8, 4) is 0 Å². The molecule has 7 heteroatoms. The fourth-order valence-electron chi connectivity index (χ4n) is 2.86. The number of nitrogens with zero attached hydrogens (tertiary/aromatic N) is 2. The lowest BCUT2D eigenvalue weighted by atomic mass is 10.2.